The smallest absolute Gasteiger partial charge is 0.418 e. The lowest BCUT2D eigenvalue weighted by molar-refractivity contribution is -0.189. The molecule has 0 bridgehead atoms. The third kappa shape index (κ3) is 6.76. The van der Waals surface area contributed by atoms with Crippen molar-refractivity contribution in [2.45, 2.75) is 39.0 Å². The van der Waals surface area contributed by atoms with Crippen LogP contribution in [0.1, 0.15) is 29.8 Å². The number of fused-ring (bicyclic) bond motifs is 1. The van der Waals surface area contributed by atoms with Gasteiger partial charge in [0.1, 0.15) is 17.3 Å². The molecule has 16 heteroatoms. The molecule has 0 saturated heterocycles. The number of carbonyl (C=O) groups is 2. The van der Waals surface area contributed by atoms with Gasteiger partial charge in [0.05, 0.1) is 30.5 Å². The number of alkyl halides is 3. The Morgan fingerprint density at radius 2 is 1.64 bits per heavy atom. The minimum Gasteiger partial charge on any atom is -0.418 e. The van der Waals surface area contributed by atoms with E-state index in [4.69, 9.17) is 4.74 Å². The second-order valence-corrected chi connectivity index (χ2v) is 10.1. The summed E-state index contributed by atoms with van der Waals surface area (Å²) >= 11 is 0. The van der Waals surface area contributed by atoms with Gasteiger partial charge in [-0.1, -0.05) is 12.1 Å². The summed E-state index contributed by atoms with van der Waals surface area (Å²) in [4.78, 5) is 46.8. The van der Waals surface area contributed by atoms with Gasteiger partial charge >= 0.3 is 12.1 Å². The van der Waals surface area contributed by atoms with Crippen molar-refractivity contribution in [3.05, 3.63) is 75.6 Å². The lowest BCUT2D eigenvalue weighted by atomic mass is 9.97. The number of nitrogens with zero attached hydrogens (tertiary/aromatic N) is 3. The molecule has 2 heterocycles. The number of pyridine rings is 1. The Bertz CT molecular complexity index is 1820. The van der Waals surface area contributed by atoms with Gasteiger partial charge in [-0.05, 0) is 50.6 Å². The fraction of sp³-hybridized carbons (Fsp3) is 0.276. The molecule has 238 valence electrons. The molecule has 1 amide bonds. The number of hydrogen-bond donors (Lipinski definition) is 4. The number of aryl methyl sites for hydroxylation is 1. The van der Waals surface area contributed by atoms with Crippen LogP contribution in [0.4, 0.5) is 27.9 Å². The van der Waals surface area contributed by atoms with Crippen molar-refractivity contribution in [3.63, 3.8) is 0 Å². The summed E-state index contributed by atoms with van der Waals surface area (Å²) in [6, 6.07) is 5.76. The van der Waals surface area contributed by atoms with Gasteiger partial charge in [0, 0.05) is 23.1 Å². The summed E-state index contributed by atoms with van der Waals surface area (Å²) in [6.07, 6.45) is -5.48. The van der Waals surface area contributed by atoms with Gasteiger partial charge in [0.25, 0.3) is 11.5 Å². The number of carbonyl (C=O) groups excluding carboxylic acids is 2. The number of benzene rings is 2. The molecule has 0 spiro atoms. The van der Waals surface area contributed by atoms with Crippen LogP contribution in [-0.2, 0) is 4.79 Å². The van der Waals surface area contributed by atoms with Crippen molar-refractivity contribution >= 4 is 28.9 Å². The van der Waals surface area contributed by atoms with Crippen LogP contribution >= 0.6 is 0 Å². The average molecular weight is 636 g/mol. The van der Waals surface area contributed by atoms with Crippen LogP contribution in [0.3, 0.4) is 0 Å². The van der Waals surface area contributed by atoms with E-state index < -0.39 is 89.1 Å². The summed E-state index contributed by atoms with van der Waals surface area (Å²) in [5.41, 5.74) is -3.28. The molecule has 4 rings (SSSR count). The number of aliphatic hydroxyl groups is 2. The molecular weight excluding hydrogens is 609 g/mol. The number of esters is 1. The van der Waals surface area contributed by atoms with Crippen LogP contribution in [0, 0.1) is 18.6 Å². The van der Waals surface area contributed by atoms with E-state index in [9.17, 15) is 46.5 Å². The molecule has 2 aromatic heterocycles. The molecule has 4 N–H and O–H groups in total. The molecule has 2 aromatic carbocycles. The highest BCUT2D eigenvalue weighted by Gasteiger charge is 2.42. The molecule has 0 atom stereocenters. The number of hydrogen-bond acceptors (Lipinski definition) is 9. The third-order valence-electron chi connectivity index (χ3n) is 6.38. The number of aromatic nitrogens is 3. The molecule has 4 aromatic rings. The highest BCUT2D eigenvalue weighted by molar-refractivity contribution is 6.03. The Balaban J connectivity index is 2.18. The van der Waals surface area contributed by atoms with E-state index in [-0.39, 0.29) is 22.2 Å². The van der Waals surface area contributed by atoms with Crippen molar-refractivity contribution in [2.24, 2.45) is 0 Å². The van der Waals surface area contributed by atoms with Gasteiger partial charge in [-0.3, -0.25) is 14.2 Å². The SMILES string of the molecule is Cc1ccc(C(=O)NC(C)C)c(OC(=O)C(F)(F)F)c1-c1nc(NC(CO)CO)nc2c1ccc(=O)n2-c1c(F)cccc1F. The molecule has 0 aliphatic rings. The van der Waals surface area contributed by atoms with Crippen LogP contribution in [0.15, 0.2) is 47.3 Å². The van der Waals surface area contributed by atoms with Crippen molar-refractivity contribution in [3.8, 4) is 22.7 Å². The Hall–Kier alpha value is -4.96. The maximum atomic E-state index is 15.0. The van der Waals surface area contributed by atoms with E-state index in [2.05, 4.69) is 20.6 Å². The molecule has 0 saturated carbocycles. The van der Waals surface area contributed by atoms with Crippen molar-refractivity contribution in [2.75, 3.05) is 18.5 Å². The summed E-state index contributed by atoms with van der Waals surface area (Å²) in [5.74, 6) is -7.18. The molecule has 11 nitrogen and oxygen atoms in total. The lowest BCUT2D eigenvalue weighted by Gasteiger charge is -2.21. The number of amides is 1. The number of aliphatic hydroxyl groups excluding tert-OH is 2. The monoisotopic (exact) mass is 635 g/mol. The first kappa shape index (κ1) is 32.9. The topological polar surface area (TPSA) is 156 Å². The van der Waals surface area contributed by atoms with E-state index in [1.54, 1.807) is 13.8 Å². The summed E-state index contributed by atoms with van der Waals surface area (Å²) in [5, 5.41) is 24.2. The van der Waals surface area contributed by atoms with Crippen LogP contribution in [0.25, 0.3) is 28.0 Å². The van der Waals surface area contributed by atoms with Crippen LogP contribution in [0.5, 0.6) is 5.75 Å². The van der Waals surface area contributed by atoms with E-state index in [1.165, 1.54) is 13.0 Å². The van der Waals surface area contributed by atoms with E-state index in [0.717, 1.165) is 36.4 Å². The lowest BCUT2D eigenvalue weighted by Crippen LogP contribution is -2.32. The fourth-order valence-corrected chi connectivity index (χ4v) is 4.37. The molecule has 0 radical (unpaired) electrons. The molecule has 0 aliphatic heterocycles. The Morgan fingerprint density at radius 1 is 1.00 bits per heavy atom. The largest absolute Gasteiger partial charge is 0.491 e. The molecular formula is C29H26F5N5O6. The number of halogens is 5. The Kier molecular flexibility index (Phi) is 9.48. The molecule has 0 unspecified atom stereocenters. The van der Waals surface area contributed by atoms with E-state index in [0.29, 0.717) is 4.57 Å². The van der Waals surface area contributed by atoms with Crippen LogP contribution in [-0.4, -0.2) is 68.1 Å². The first-order valence-corrected chi connectivity index (χ1v) is 13.3. The van der Waals surface area contributed by atoms with Gasteiger partial charge in [0.15, 0.2) is 11.4 Å². The second kappa shape index (κ2) is 13.0. The zero-order valence-electron chi connectivity index (χ0n) is 23.9. The molecule has 0 fully saturated rings. The summed E-state index contributed by atoms with van der Waals surface area (Å²) in [6.45, 7) is 3.26. The number of ether oxygens (including phenoxy) is 1. The molecule has 45 heavy (non-hydrogen) atoms. The van der Waals surface area contributed by atoms with E-state index >= 15 is 0 Å². The highest BCUT2D eigenvalue weighted by atomic mass is 19.4. The van der Waals surface area contributed by atoms with Gasteiger partial charge in [-0.25, -0.2) is 18.6 Å². The highest BCUT2D eigenvalue weighted by Crippen LogP contribution is 2.40. The average Bonchev–Trinajstić information content (AvgIpc) is 2.95. The minimum absolute atomic E-state index is 0.128. The fourth-order valence-electron chi connectivity index (χ4n) is 4.37. The van der Waals surface area contributed by atoms with E-state index in [1.807, 2.05) is 0 Å². The van der Waals surface area contributed by atoms with Gasteiger partial charge < -0.3 is 25.6 Å². The quantitative estimate of drug-likeness (QED) is 0.123. The molecule has 0 aliphatic carbocycles. The zero-order chi connectivity index (χ0) is 33.2. The maximum absolute atomic E-state index is 15.0. The number of para-hydroxylation sites is 1. The second-order valence-electron chi connectivity index (χ2n) is 10.1. The van der Waals surface area contributed by atoms with Gasteiger partial charge in [-0.2, -0.15) is 18.2 Å². The third-order valence-corrected chi connectivity index (χ3v) is 6.38. The van der Waals surface area contributed by atoms with Crippen molar-refractivity contribution in [1.82, 2.24) is 19.9 Å². The minimum atomic E-state index is -5.48. The maximum Gasteiger partial charge on any atom is 0.491 e. The van der Waals surface area contributed by atoms with Crippen molar-refractivity contribution < 1.29 is 46.5 Å². The Labute approximate surface area is 251 Å². The summed E-state index contributed by atoms with van der Waals surface area (Å²) < 4.78 is 75.7. The zero-order valence-corrected chi connectivity index (χ0v) is 23.9. The number of anilines is 1. The number of nitrogens with one attached hydrogen (secondary N) is 2. The Morgan fingerprint density at radius 3 is 2.22 bits per heavy atom. The normalized spacial score (nSPS) is 11.7. The van der Waals surface area contributed by atoms with Crippen LogP contribution in [0.2, 0.25) is 0 Å². The van der Waals surface area contributed by atoms with Crippen molar-refractivity contribution in [1.29, 1.82) is 0 Å². The van der Waals surface area contributed by atoms with Crippen LogP contribution < -0.4 is 20.9 Å². The first-order valence-electron chi connectivity index (χ1n) is 13.3. The number of rotatable bonds is 9. The predicted octanol–water partition coefficient (Wildman–Crippen LogP) is 3.41. The summed E-state index contributed by atoms with van der Waals surface area (Å²) in [7, 11) is 0. The van der Waals surface area contributed by atoms with Gasteiger partial charge in [-0.15, -0.1) is 0 Å². The first-order chi connectivity index (χ1) is 21.2. The standard InChI is InChI=1S/C29H26F5N5O6/c1-13(2)35-26(43)17-8-7-14(3)21(24(17)45-27(44)29(32,33)34)22-16-9-10-20(42)39(23-18(30)5-4-6-19(23)31)25(16)38-28(37-22)36-15(11-40)12-41/h4-10,13,15,40-41H,11-12H2,1-3H3,(H,35,43)(H,36,37,38). The van der Waals surface area contributed by atoms with Gasteiger partial charge in [0.2, 0.25) is 5.95 Å². The predicted molar refractivity (Wildman–Crippen MR) is 151 cm³/mol.